The van der Waals surface area contributed by atoms with Gasteiger partial charge in [-0.1, -0.05) is 36.4 Å². The summed E-state index contributed by atoms with van der Waals surface area (Å²) in [7, 11) is 0. The molecule has 4 aromatic rings. The van der Waals surface area contributed by atoms with Crippen molar-refractivity contribution in [3.05, 3.63) is 65.5 Å². The van der Waals surface area contributed by atoms with Crippen LogP contribution in [0, 0.1) is 0 Å². The summed E-state index contributed by atoms with van der Waals surface area (Å²) in [5.41, 5.74) is 2.29. The van der Waals surface area contributed by atoms with E-state index in [1.807, 2.05) is 23.1 Å². The zero-order chi connectivity index (χ0) is 17.5. The molecule has 4 nitrogen and oxygen atoms in total. The average Bonchev–Trinajstić information content (AvgIpc) is 3.26. The lowest BCUT2D eigenvalue weighted by atomic mass is 10.2. The average molecular weight is 362 g/mol. The van der Waals surface area contributed by atoms with Crippen molar-refractivity contribution in [2.75, 3.05) is 26.3 Å². The van der Waals surface area contributed by atoms with Crippen molar-refractivity contribution < 1.29 is 9.53 Å². The van der Waals surface area contributed by atoms with Gasteiger partial charge in [-0.2, -0.15) is 0 Å². The lowest BCUT2D eigenvalue weighted by Crippen LogP contribution is -2.40. The molecule has 0 atom stereocenters. The quantitative estimate of drug-likeness (QED) is 0.532. The second kappa shape index (κ2) is 6.27. The van der Waals surface area contributed by atoms with Gasteiger partial charge in [-0.15, -0.1) is 11.3 Å². The predicted octanol–water partition coefficient (Wildman–Crippen LogP) is 4.32. The monoisotopic (exact) mass is 362 g/mol. The third-order valence-electron chi connectivity index (χ3n) is 4.87. The second-order valence-electron chi connectivity index (χ2n) is 6.42. The van der Waals surface area contributed by atoms with E-state index < -0.39 is 0 Å². The summed E-state index contributed by atoms with van der Waals surface area (Å²) >= 11 is 1.58. The number of nitrogens with zero attached hydrogens (tertiary/aromatic N) is 2. The van der Waals surface area contributed by atoms with E-state index in [0.29, 0.717) is 26.3 Å². The van der Waals surface area contributed by atoms with Crippen molar-refractivity contribution >= 4 is 38.4 Å². The summed E-state index contributed by atoms with van der Waals surface area (Å²) in [5.74, 6) is 0.109. The van der Waals surface area contributed by atoms with Crippen LogP contribution in [0.1, 0.15) is 9.67 Å². The van der Waals surface area contributed by atoms with Crippen molar-refractivity contribution in [2.24, 2.45) is 0 Å². The number of benzene rings is 2. The Hall–Kier alpha value is -2.63. The maximum Gasteiger partial charge on any atom is 0.264 e. The molecular weight excluding hydrogens is 344 g/mol. The van der Waals surface area contributed by atoms with Crippen molar-refractivity contribution in [1.29, 1.82) is 0 Å². The summed E-state index contributed by atoms with van der Waals surface area (Å²) in [4.78, 5) is 16.7. The fraction of sp³-hybridized carbons (Fsp3) is 0.190. The number of carbonyl (C=O) groups excluding carboxylic acids is 1. The number of thiophene rings is 1. The van der Waals surface area contributed by atoms with E-state index in [0.717, 1.165) is 20.8 Å². The number of carbonyl (C=O) groups is 1. The van der Waals surface area contributed by atoms with Crippen LogP contribution in [0.25, 0.3) is 26.8 Å². The molecule has 1 aliphatic rings. The predicted molar refractivity (Wildman–Crippen MR) is 105 cm³/mol. The molecule has 1 aliphatic heterocycles. The third-order valence-corrected chi connectivity index (χ3v) is 5.98. The molecule has 1 amide bonds. The summed E-state index contributed by atoms with van der Waals surface area (Å²) in [6, 6.07) is 20.8. The van der Waals surface area contributed by atoms with Crippen LogP contribution in [0.3, 0.4) is 0 Å². The van der Waals surface area contributed by atoms with Crippen molar-refractivity contribution in [3.8, 4) is 5.69 Å². The Kier molecular flexibility index (Phi) is 3.76. The molecule has 2 aromatic heterocycles. The topological polar surface area (TPSA) is 34.5 Å². The highest BCUT2D eigenvalue weighted by Crippen LogP contribution is 2.37. The van der Waals surface area contributed by atoms with Gasteiger partial charge in [0.15, 0.2) is 0 Å². The van der Waals surface area contributed by atoms with Gasteiger partial charge in [0.05, 0.1) is 23.6 Å². The summed E-state index contributed by atoms with van der Waals surface area (Å²) < 4.78 is 7.63. The van der Waals surface area contributed by atoms with Crippen molar-refractivity contribution in [3.63, 3.8) is 0 Å². The van der Waals surface area contributed by atoms with Gasteiger partial charge in [-0.25, -0.2) is 0 Å². The molecule has 1 saturated heterocycles. The molecule has 1 fully saturated rings. The molecule has 0 N–H and O–H groups in total. The smallest absolute Gasteiger partial charge is 0.264 e. The highest BCUT2D eigenvalue weighted by Gasteiger charge is 2.23. The molecule has 5 rings (SSSR count). The third kappa shape index (κ3) is 2.43. The van der Waals surface area contributed by atoms with Crippen LogP contribution in [-0.2, 0) is 4.74 Å². The van der Waals surface area contributed by atoms with Gasteiger partial charge >= 0.3 is 0 Å². The molecule has 0 unspecified atom stereocenters. The highest BCUT2D eigenvalue weighted by atomic mass is 32.1. The molecule has 3 heterocycles. The van der Waals surface area contributed by atoms with Crippen molar-refractivity contribution in [1.82, 2.24) is 9.47 Å². The van der Waals surface area contributed by atoms with Crippen LogP contribution in [0.5, 0.6) is 0 Å². The van der Waals surface area contributed by atoms with Crippen LogP contribution in [0.4, 0.5) is 0 Å². The first-order chi connectivity index (χ1) is 12.8. The number of para-hydroxylation sites is 2. The van der Waals surface area contributed by atoms with Gasteiger partial charge in [0.1, 0.15) is 4.83 Å². The summed E-state index contributed by atoms with van der Waals surface area (Å²) in [6.07, 6.45) is 0. The Morgan fingerprint density at radius 2 is 1.65 bits per heavy atom. The molecule has 0 radical (unpaired) electrons. The van der Waals surface area contributed by atoms with E-state index in [2.05, 4.69) is 47.0 Å². The van der Waals surface area contributed by atoms with Crippen LogP contribution in [-0.4, -0.2) is 41.7 Å². The number of hydrogen-bond acceptors (Lipinski definition) is 3. The summed E-state index contributed by atoms with van der Waals surface area (Å²) in [6.45, 7) is 2.58. The van der Waals surface area contributed by atoms with Gasteiger partial charge in [0.25, 0.3) is 5.91 Å². The van der Waals surface area contributed by atoms with Crippen LogP contribution < -0.4 is 0 Å². The number of hydrogen-bond donors (Lipinski definition) is 0. The maximum absolute atomic E-state index is 12.9. The molecule has 5 heteroatoms. The number of rotatable bonds is 2. The van der Waals surface area contributed by atoms with E-state index in [1.165, 1.54) is 10.9 Å². The standard InChI is InChI=1S/C21H18N2O2S/c24-20(22-10-12-25-13-11-22)19-14-17-16-8-4-5-9-18(16)23(21(17)26-19)15-6-2-1-3-7-15/h1-9,14H,10-13H2. The SMILES string of the molecule is O=C(c1cc2c3ccccc3n(-c3ccccc3)c2s1)N1CCOCC1. The van der Waals surface area contributed by atoms with Crippen LogP contribution in [0.15, 0.2) is 60.7 Å². The minimum atomic E-state index is 0.109. The fourth-order valence-electron chi connectivity index (χ4n) is 3.61. The zero-order valence-electron chi connectivity index (χ0n) is 14.2. The molecule has 0 aliphatic carbocycles. The minimum absolute atomic E-state index is 0.109. The largest absolute Gasteiger partial charge is 0.378 e. The first kappa shape index (κ1) is 15.6. The van der Waals surface area contributed by atoms with Gasteiger partial charge < -0.3 is 14.2 Å². The summed E-state index contributed by atoms with van der Waals surface area (Å²) in [5, 5.41) is 2.33. The number of fused-ring (bicyclic) bond motifs is 3. The lowest BCUT2D eigenvalue weighted by Gasteiger charge is -2.26. The van der Waals surface area contributed by atoms with Gasteiger partial charge in [-0.05, 0) is 24.3 Å². The number of aromatic nitrogens is 1. The van der Waals surface area contributed by atoms with Crippen LogP contribution >= 0.6 is 11.3 Å². The lowest BCUT2D eigenvalue weighted by molar-refractivity contribution is 0.0306. The van der Waals surface area contributed by atoms with Gasteiger partial charge in [0, 0.05) is 29.5 Å². The molecule has 2 aromatic carbocycles. The Morgan fingerprint density at radius 1 is 0.923 bits per heavy atom. The Morgan fingerprint density at radius 3 is 2.46 bits per heavy atom. The molecule has 0 spiro atoms. The van der Waals surface area contributed by atoms with E-state index >= 15 is 0 Å². The molecule has 0 bridgehead atoms. The normalized spacial score (nSPS) is 15.0. The zero-order valence-corrected chi connectivity index (χ0v) is 15.0. The Bertz CT molecular complexity index is 1090. The minimum Gasteiger partial charge on any atom is -0.378 e. The first-order valence-electron chi connectivity index (χ1n) is 8.78. The van der Waals surface area contributed by atoms with Gasteiger partial charge in [-0.3, -0.25) is 4.79 Å². The Labute approximate surface area is 155 Å². The fourth-order valence-corrected chi connectivity index (χ4v) is 4.78. The van der Waals surface area contributed by atoms with E-state index in [-0.39, 0.29) is 5.91 Å². The number of amides is 1. The van der Waals surface area contributed by atoms with Crippen LogP contribution in [0.2, 0.25) is 0 Å². The van der Waals surface area contributed by atoms with E-state index in [4.69, 9.17) is 4.74 Å². The molecule has 130 valence electrons. The maximum atomic E-state index is 12.9. The van der Waals surface area contributed by atoms with Crippen molar-refractivity contribution in [2.45, 2.75) is 0 Å². The van der Waals surface area contributed by atoms with E-state index in [9.17, 15) is 4.79 Å². The van der Waals surface area contributed by atoms with E-state index in [1.54, 1.807) is 11.3 Å². The number of ether oxygens (including phenoxy) is 1. The highest BCUT2D eigenvalue weighted by molar-refractivity contribution is 7.20. The number of morpholine rings is 1. The molecule has 26 heavy (non-hydrogen) atoms. The molecular formula is C21H18N2O2S. The Balaban J connectivity index is 1.70. The first-order valence-corrected chi connectivity index (χ1v) is 9.60. The van der Waals surface area contributed by atoms with Gasteiger partial charge in [0.2, 0.25) is 0 Å². The second-order valence-corrected chi connectivity index (χ2v) is 7.45. The molecule has 0 saturated carbocycles.